The topological polar surface area (TPSA) is 146 Å². The maximum atomic E-state index is 11.8. The summed E-state index contributed by atoms with van der Waals surface area (Å²) in [6, 6.07) is 30.1. The number of hydrogen-bond acceptors (Lipinski definition) is 8. The standard InChI is InChI=1S/C17H18N2.3C10H7F3O2.Dy/c1-17(2)12-7-11-8-16(15-5-3-4-6-18-15)19-10-13(11)14(17)9-12;3*11-10(12,13)9(15)6-8(14)7-4-2-1-3-5-7;/h3-6,8,10,12,14H,7,9H2,1-2H3;3*1-6,15H;/q;;;;+3/p-3/b;3*9-6-;/t12-,14-;;;;/m1..../s1. The van der Waals surface area contributed by atoms with E-state index in [4.69, 9.17) is 0 Å². The van der Waals surface area contributed by atoms with Gasteiger partial charge in [-0.15, -0.1) is 0 Å². The summed E-state index contributed by atoms with van der Waals surface area (Å²) in [6.07, 6.45) is -8.34. The van der Waals surface area contributed by atoms with E-state index in [1.807, 2.05) is 24.4 Å². The van der Waals surface area contributed by atoms with Gasteiger partial charge in [-0.05, 0) is 94.9 Å². The number of aromatic nitrogens is 2. The maximum absolute atomic E-state index is 11.8. The fraction of sp³-hybridized carbons (Fsp3) is 0.213. The average molecular weight is 1060 g/mol. The van der Waals surface area contributed by atoms with Crippen molar-refractivity contribution in [3.8, 4) is 11.4 Å². The first-order valence-electron chi connectivity index (χ1n) is 19.0. The SMILES string of the molecule is CC1(C)[C@@H]2Cc3cc(-c4ccccn4)ncc3[C@H]1C2.O=C(/C=C(\[O-])C(F)(F)F)c1ccccc1.O=C(/C=C(\[O-])C(F)(F)F)c1ccccc1.O=C(/C=C(\[O-])C(F)(F)F)c1ccccc1.[Dy+3]. The Morgan fingerprint density at radius 3 is 1.26 bits per heavy atom. The third-order valence-corrected chi connectivity index (χ3v) is 10.1. The van der Waals surface area contributed by atoms with Crippen LogP contribution in [0.3, 0.4) is 0 Å². The molecule has 1 radical (unpaired) electrons. The molecule has 3 aliphatic carbocycles. The zero-order chi connectivity index (χ0) is 47.5. The van der Waals surface area contributed by atoms with E-state index in [2.05, 4.69) is 36.1 Å². The molecule has 8 nitrogen and oxygen atoms in total. The number of carbonyl (C=O) groups is 3. The number of benzene rings is 3. The fourth-order valence-corrected chi connectivity index (χ4v) is 6.47. The van der Waals surface area contributed by atoms with Gasteiger partial charge in [0.15, 0.2) is 17.3 Å². The summed E-state index contributed by atoms with van der Waals surface area (Å²) in [5.74, 6) is -7.70. The summed E-state index contributed by atoms with van der Waals surface area (Å²) < 4.78 is 106. The number of pyridine rings is 2. The fourth-order valence-electron chi connectivity index (χ4n) is 6.47. The summed E-state index contributed by atoms with van der Waals surface area (Å²) in [6.45, 7) is 4.81. The summed E-state index contributed by atoms with van der Waals surface area (Å²) in [5.41, 5.74) is 5.59. The molecule has 1 fully saturated rings. The number of ketones is 3. The van der Waals surface area contributed by atoms with Crippen LogP contribution in [0.15, 0.2) is 163 Å². The molecule has 2 aromatic heterocycles. The Kier molecular flexibility index (Phi) is 18.9. The predicted octanol–water partition coefficient (Wildman–Crippen LogP) is 8.86. The Labute approximate surface area is 397 Å². The Balaban J connectivity index is 0.000000231. The molecule has 343 valence electrons. The van der Waals surface area contributed by atoms with Crippen LogP contribution in [0.25, 0.3) is 11.4 Å². The second kappa shape index (κ2) is 22.9. The number of allylic oxidation sites excluding steroid dienone is 6. The van der Waals surface area contributed by atoms with Crippen LogP contribution in [-0.4, -0.2) is 45.8 Å². The van der Waals surface area contributed by atoms with E-state index in [0.717, 1.165) is 17.3 Å². The van der Waals surface area contributed by atoms with E-state index in [-0.39, 0.29) is 73.1 Å². The first-order valence-corrected chi connectivity index (χ1v) is 19.0. The van der Waals surface area contributed by atoms with Crippen molar-refractivity contribution in [2.75, 3.05) is 0 Å². The summed E-state index contributed by atoms with van der Waals surface area (Å²) >= 11 is 0. The van der Waals surface area contributed by atoms with Crippen LogP contribution < -0.4 is 15.3 Å². The van der Waals surface area contributed by atoms with Crippen LogP contribution in [0.4, 0.5) is 39.5 Å². The van der Waals surface area contributed by atoms with E-state index < -0.39 is 53.2 Å². The van der Waals surface area contributed by atoms with Crippen molar-refractivity contribution in [1.82, 2.24) is 9.97 Å². The Morgan fingerprint density at radius 2 is 0.938 bits per heavy atom. The molecule has 0 saturated heterocycles. The first kappa shape index (κ1) is 53.6. The predicted molar refractivity (Wildman–Crippen MR) is 211 cm³/mol. The van der Waals surface area contributed by atoms with Gasteiger partial charge in [-0.1, -0.05) is 111 Å². The molecule has 3 aromatic carbocycles. The van der Waals surface area contributed by atoms with Gasteiger partial charge in [0.25, 0.3) is 0 Å². The first-order chi connectivity index (χ1) is 29.9. The van der Waals surface area contributed by atoms with Gasteiger partial charge in [0.05, 0.1) is 11.4 Å². The summed E-state index contributed by atoms with van der Waals surface area (Å²) in [4.78, 5) is 42.4. The Morgan fingerprint density at radius 1 is 0.569 bits per heavy atom. The van der Waals surface area contributed by atoms with Crippen LogP contribution >= 0.6 is 0 Å². The van der Waals surface area contributed by atoms with Gasteiger partial charge in [0, 0.05) is 29.1 Å². The van der Waals surface area contributed by atoms with Crippen molar-refractivity contribution in [3.63, 3.8) is 0 Å². The Bertz CT molecular complexity index is 2290. The summed E-state index contributed by atoms with van der Waals surface area (Å²) in [5, 5.41) is 31.3. The smallest absolute Gasteiger partial charge is 0.869 e. The van der Waals surface area contributed by atoms with Crippen LogP contribution in [0.1, 0.15) is 68.4 Å². The van der Waals surface area contributed by atoms with Gasteiger partial charge in [-0.3, -0.25) is 24.4 Å². The van der Waals surface area contributed by atoms with Gasteiger partial charge < -0.3 is 15.3 Å². The van der Waals surface area contributed by atoms with E-state index in [1.54, 1.807) is 18.2 Å². The van der Waals surface area contributed by atoms with Crippen molar-refractivity contribution >= 4 is 17.3 Å². The molecule has 2 atom stereocenters. The molecular weight excluding hydrogens is 1020 g/mol. The molecule has 0 aliphatic heterocycles. The van der Waals surface area contributed by atoms with E-state index in [9.17, 15) is 69.2 Å². The number of hydrogen-bond donors (Lipinski definition) is 0. The molecule has 0 unspecified atom stereocenters. The molecule has 2 heterocycles. The van der Waals surface area contributed by atoms with Gasteiger partial charge in [-0.25, -0.2) is 0 Å². The number of carbonyl (C=O) groups excluding carboxylic acids is 3. The summed E-state index contributed by atoms with van der Waals surface area (Å²) in [7, 11) is 0. The third-order valence-electron chi connectivity index (χ3n) is 10.1. The van der Waals surface area contributed by atoms with E-state index in [0.29, 0.717) is 11.3 Å². The molecule has 2 bridgehead atoms. The number of halogens is 9. The Hall–Kier alpha value is -5.77. The van der Waals surface area contributed by atoms with Crippen LogP contribution in [0.5, 0.6) is 0 Å². The minimum atomic E-state index is -5.00. The molecule has 0 N–H and O–H groups in total. The molecule has 0 amide bonds. The molecule has 1 saturated carbocycles. The quantitative estimate of drug-likeness (QED) is 0.0681. The second-order valence-electron chi connectivity index (χ2n) is 14.7. The van der Waals surface area contributed by atoms with Crippen molar-refractivity contribution in [2.45, 2.75) is 51.1 Å². The van der Waals surface area contributed by atoms with E-state index >= 15 is 0 Å². The molecule has 65 heavy (non-hydrogen) atoms. The van der Waals surface area contributed by atoms with E-state index in [1.165, 1.54) is 96.8 Å². The zero-order valence-electron chi connectivity index (χ0n) is 34.0. The van der Waals surface area contributed by atoms with Crippen LogP contribution in [-0.2, 0) is 6.42 Å². The number of rotatable bonds is 7. The minimum absolute atomic E-state index is 0. The van der Waals surface area contributed by atoms with Gasteiger partial charge in [0.1, 0.15) is 0 Å². The third kappa shape index (κ3) is 15.4. The second-order valence-corrected chi connectivity index (χ2v) is 14.7. The monoisotopic (exact) mass is 1060 g/mol. The van der Waals surface area contributed by atoms with Gasteiger partial charge in [-0.2, -0.15) is 39.5 Å². The van der Waals surface area contributed by atoms with Crippen molar-refractivity contribution in [3.05, 3.63) is 191 Å². The minimum Gasteiger partial charge on any atom is -0.869 e. The molecule has 0 spiro atoms. The zero-order valence-corrected chi connectivity index (χ0v) is 36.0. The molecule has 3 aliphatic rings. The van der Waals surface area contributed by atoms with Crippen molar-refractivity contribution in [2.24, 2.45) is 11.3 Å². The maximum Gasteiger partial charge on any atom is 3.00 e. The van der Waals surface area contributed by atoms with Crippen molar-refractivity contribution in [1.29, 1.82) is 0 Å². The number of nitrogens with zero attached hydrogens (tertiary/aromatic N) is 2. The van der Waals surface area contributed by atoms with Crippen molar-refractivity contribution < 1.29 is 107 Å². The number of alkyl halides is 9. The normalized spacial score (nSPS) is 16.4. The van der Waals surface area contributed by atoms with Gasteiger partial charge >= 0.3 is 56.7 Å². The van der Waals surface area contributed by atoms with Crippen LogP contribution in [0, 0.1) is 49.5 Å². The molecule has 18 heteroatoms. The average Bonchev–Trinajstić information content (AvgIpc) is 3.26. The van der Waals surface area contributed by atoms with Crippen LogP contribution in [0.2, 0.25) is 0 Å². The molecule has 5 aromatic rings. The molecule has 8 rings (SSSR count). The van der Waals surface area contributed by atoms with Gasteiger partial charge in [0.2, 0.25) is 0 Å². The largest absolute Gasteiger partial charge is 3.00 e. The molecular formula is C47H36DyF9N2O6.